The maximum Gasteiger partial charge on any atom is 0.347 e. The number of piperazine rings is 1. The molecule has 1 saturated heterocycles. The maximum atomic E-state index is 12.1. The summed E-state index contributed by atoms with van der Waals surface area (Å²) in [6.07, 6.45) is 1.81. The van der Waals surface area contributed by atoms with Crippen LogP contribution in [0.25, 0.3) is 21.9 Å². The van der Waals surface area contributed by atoms with Gasteiger partial charge in [-0.15, -0.1) is 0 Å². The first-order valence-electron chi connectivity index (χ1n) is 8.08. The van der Waals surface area contributed by atoms with Crippen molar-refractivity contribution in [3.63, 3.8) is 0 Å². The number of nitrogens with zero attached hydrogens (tertiary/aromatic N) is 4. The highest BCUT2D eigenvalue weighted by Gasteiger charge is 2.17. The van der Waals surface area contributed by atoms with Crippen LogP contribution >= 0.6 is 0 Å². The minimum atomic E-state index is -0.319. The van der Waals surface area contributed by atoms with E-state index in [0.29, 0.717) is 17.6 Å². The highest BCUT2D eigenvalue weighted by molar-refractivity contribution is 6.01. The van der Waals surface area contributed by atoms with E-state index in [-0.39, 0.29) is 5.63 Å². The van der Waals surface area contributed by atoms with Crippen LogP contribution in [0.2, 0.25) is 0 Å². The SMILES string of the molecule is CCN1CCN(Cn2cc3c(=O)oc4ccccc4c3n2)CC1. The van der Waals surface area contributed by atoms with Gasteiger partial charge in [0.15, 0.2) is 0 Å². The van der Waals surface area contributed by atoms with E-state index in [9.17, 15) is 4.79 Å². The third kappa shape index (κ3) is 2.64. The minimum Gasteiger partial charge on any atom is -0.422 e. The lowest BCUT2D eigenvalue weighted by molar-refractivity contribution is 0.107. The zero-order valence-electron chi connectivity index (χ0n) is 13.2. The van der Waals surface area contributed by atoms with Gasteiger partial charge >= 0.3 is 5.63 Å². The maximum absolute atomic E-state index is 12.1. The lowest BCUT2D eigenvalue weighted by Gasteiger charge is -2.33. The molecule has 1 fully saturated rings. The van der Waals surface area contributed by atoms with Gasteiger partial charge in [0.2, 0.25) is 0 Å². The van der Waals surface area contributed by atoms with E-state index in [1.54, 1.807) is 12.3 Å². The molecule has 23 heavy (non-hydrogen) atoms. The van der Waals surface area contributed by atoms with E-state index in [2.05, 4.69) is 21.8 Å². The van der Waals surface area contributed by atoms with Crippen LogP contribution in [0, 0.1) is 0 Å². The number of aromatic nitrogens is 2. The van der Waals surface area contributed by atoms with Gasteiger partial charge < -0.3 is 9.32 Å². The smallest absolute Gasteiger partial charge is 0.347 e. The van der Waals surface area contributed by atoms with Gasteiger partial charge in [-0.2, -0.15) is 5.10 Å². The third-order valence-corrected chi connectivity index (χ3v) is 4.58. The van der Waals surface area contributed by atoms with Gasteiger partial charge in [0.05, 0.1) is 6.67 Å². The Morgan fingerprint density at radius 2 is 1.83 bits per heavy atom. The van der Waals surface area contributed by atoms with Crippen LogP contribution in [0.3, 0.4) is 0 Å². The molecule has 1 aliphatic rings. The molecule has 0 aliphatic carbocycles. The molecule has 0 radical (unpaired) electrons. The van der Waals surface area contributed by atoms with E-state index >= 15 is 0 Å². The molecule has 4 rings (SSSR count). The van der Waals surface area contributed by atoms with Crippen molar-refractivity contribution in [1.29, 1.82) is 0 Å². The molecule has 120 valence electrons. The molecule has 2 aromatic heterocycles. The summed E-state index contributed by atoms with van der Waals surface area (Å²) in [6.45, 7) is 8.23. The lowest BCUT2D eigenvalue weighted by Crippen LogP contribution is -2.46. The number of fused-ring (bicyclic) bond motifs is 3. The molecular formula is C17H20N4O2. The van der Waals surface area contributed by atoms with Crippen molar-refractivity contribution in [1.82, 2.24) is 19.6 Å². The molecule has 0 unspecified atom stereocenters. The van der Waals surface area contributed by atoms with E-state index in [0.717, 1.165) is 43.6 Å². The van der Waals surface area contributed by atoms with Gasteiger partial charge in [0, 0.05) is 37.8 Å². The van der Waals surface area contributed by atoms with Crippen molar-refractivity contribution in [3.8, 4) is 0 Å². The number of benzene rings is 1. The topological polar surface area (TPSA) is 54.5 Å². The highest BCUT2D eigenvalue weighted by Crippen LogP contribution is 2.21. The number of hydrogen-bond acceptors (Lipinski definition) is 5. The van der Waals surface area contributed by atoms with Crippen LogP contribution in [0.5, 0.6) is 0 Å². The molecular weight excluding hydrogens is 292 g/mol. The summed E-state index contributed by atoms with van der Waals surface area (Å²) in [5.41, 5.74) is 0.997. The van der Waals surface area contributed by atoms with E-state index in [1.807, 2.05) is 22.9 Å². The van der Waals surface area contributed by atoms with Crippen LogP contribution in [-0.2, 0) is 6.67 Å². The van der Waals surface area contributed by atoms with Crippen LogP contribution in [0.4, 0.5) is 0 Å². The molecule has 6 nitrogen and oxygen atoms in total. The van der Waals surface area contributed by atoms with Crippen molar-refractivity contribution < 1.29 is 4.42 Å². The van der Waals surface area contributed by atoms with Crippen LogP contribution in [-0.4, -0.2) is 52.3 Å². The molecule has 6 heteroatoms. The zero-order valence-corrected chi connectivity index (χ0v) is 13.2. The van der Waals surface area contributed by atoms with Crippen LogP contribution in [0.1, 0.15) is 6.92 Å². The van der Waals surface area contributed by atoms with Crippen molar-refractivity contribution in [2.75, 3.05) is 32.7 Å². The van der Waals surface area contributed by atoms with E-state index < -0.39 is 0 Å². The molecule has 0 N–H and O–H groups in total. The summed E-state index contributed by atoms with van der Waals surface area (Å²) in [5.74, 6) is 0. The molecule has 3 aromatic rings. The molecule has 0 bridgehead atoms. The van der Waals surface area contributed by atoms with Gasteiger partial charge in [-0.3, -0.25) is 9.58 Å². The minimum absolute atomic E-state index is 0.319. The number of para-hydroxylation sites is 1. The molecule has 3 heterocycles. The van der Waals surface area contributed by atoms with Gasteiger partial charge in [0.1, 0.15) is 16.5 Å². The summed E-state index contributed by atoms with van der Waals surface area (Å²) in [6, 6.07) is 7.54. The van der Waals surface area contributed by atoms with Gasteiger partial charge in [-0.25, -0.2) is 4.79 Å². The summed E-state index contributed by atoms with van der Waals surface area (Å²) in [4.78, 5) is 16.9. The predicted molar refractivity (Wildman–Crippen MR) is 89.5 cm³/mol. The molecule has 0 spiro atoms. The molecule has 0 amide bonds. The van der Waals surface area contributed by atoms with E-state index in [4.69, 9.17) is 4.42 Å². The summed E-state index contributed by atoms with van der Waals surface area (Å²) < 4.78 is 7.23. The zero-order chi connectivity index (χ0) is 15.8. The fourth-order valence-electron chi connectivity index (χ4n) is 3.20. The number of hydrogen-bond donors (Lipinski definition) is 0. The van der Waals surface area contributed by atoms with Gasteiger partial charge in [-0.05, 0) is 18.7 Å². The van der Waals surface area contributed by atoms with Gasteiger partial charge in [-0.1, -0.05) is 19.1 Å². The molecule has 0 atom stereocenters. The quantitative estimate of drug-likeness (QED) is 0.690. The number of rotatable bonds is 3. The summed E-state index contributed by atoms with van der Waals surface area (Å²) >= 11 is 0. The van der Waals surface area contributed by atoms with Crippen molar-refractivity contribution in [3.05, 3.63) is 40.9 Å². The monoisotopic (exact) mass is 312 g/mol. The third-order valence-electron chi connectivity index (χ3n) is 4.58. The standard InChI is InChI=1S/C17H20N4O2/c1-2-19-7-9-20(10-8-19)12-21-11-14-16(18-21)13-5-3-4-6-15(13)23-17(14)22/h3-6,11H,2,7-10,12H2,1H3. The normalized spacial score (nSPS) is 17.3. The highest BCUT2D eigenvalue weighted by atomic mass is 16.4. The number of likely N-dealkylation sites (N-methyl/N-ethyl adjacent to an activating group) is 1. The average molecular weight is 312 g/mol. The summed E-state index contributed by atoms with van der Waals surface area (Å²) in [7, 11) is 0. The van der Waals surface area contributed by atoms with Crippen molar-refractivity contribution in [2.24, 2.45) is 0 Å². The average Bonchev–Trinajstić information content (AvgIpc) is 3.00. The Morgan fingerprint density at radius 1 is 1.09 bits per heavy atom. The van der Waals surface area contributed by atoms with Crippen LogP contribution < -0.4 is 5.63 Å². The van der Waals surface area contributed by atoms with E-state index in [1.165, 1.54) is 0 Å². The first kappa shape index (κ1) is 14.4. The molecule has 1 aromatic carbocycles. The second-order valence-corrected chi connectivity index (χ2v) is 6.01. The van der Waals surface area contributed by atoms with Crippen LogP contribution in [0.15, 0.2) is 39.7 Å². The fraction of sp³-hybridized carbons (Fsp3) is 0.412. The molecule has 1 aliphatic heterocycles. The Hall–Kier alpha value is -2.18. The Bertz CT molecular complexity index is 890. The van der Waals surface area contributed by atoms with Gasteiger partial charge in [0.25, 0.3) is 0 Å². The van der Waals surface area contributed by atoms with Crippen molar-refractivity contribution in [2.45, 2.75) is 13.6 Å². The Morgan fingerprint density at radius 3 is 2.61 bits per heavy atom. The first-order valence-corrected chi connectivity index (χ1v) is 8.08. The first-order chi connectivity index (χ1) is 11.2. The van der Waals surface area contributed by atoms with Crippen molar-refractivity contribution >= 4 is 21.9 Å². The predicted octanol–water partition coefficient (Wildman–Crippen LogP) is 1.74. The Kier molecular flexibility index (Phi) is 3.63. The fourth-order valence-corrected chi connectivity index (χ4v) is 3.20. The lowest BCUT2D eigenvalue weighted by atomic mass is 10.2. The summed E-state index contributed by atoms with van der Waals surface area (Å²) in [5, 5.41) is 6.07. The molecule has 0 saturated carbocycles. The second-order valence-electron chi connectivity index (χ2n) is 6.01. The Balaban J connectivity index is 1.65. The largest absolute Gasteiger partial charge is 0.422 e. The Labute approximate surface area is 133 Å². The second kappa shape index (κ2) is 5.79.